The molecule has 2 heterocycles. The number of aliphatic hydroxyl groups excluding tert-OH is 1. The number of thioether (sulfide) groups is 1. The Morgan fingerprint density at radius 2 is 2.20 bits per heavy atom. The van der Waals surface area contributed by atoms with Crippen LogP contribution in [0.5, 0.6) is 0 Å². The van der Waals surface area contributed by atoms with E-state index in [4.69, 9.17) is 0 Å². The van der Waals surface area contributed by atoms with Crippen LogP contribution in [-0.4, -0.2) is 56.8 Å². The number of imide groups is 1. The van der Waals surface area contributed by atoms with Crippen molar-refractivity contribution < 1.29 is 14.7 Å². The van der Waals surface area contributed by atoms with Crippen LogP contribution in [-0.2, 0) is 4.79 Å². The highest BCUT2D eigenvalue weighted by molar-refractivity contribution is 8.14. The Bertz CT molecular complexity index is 286. The van der Waals surface area contributed by atoms with Crippen molar-refractivity contribution in [1.82, 2.24) is 9.57 Å². The molecule has 7 heteroatoms. The molecule has 0 aromatic heterocycles. The van der Waals surface area contributed by atoms with Gasteiger partial charge in [-0.1, -0.05) is 21.2 Å². The number of piperidine rings is 1. The van der Waals surface area contributed by atoms with E-state index in [1.54, 1.807) is 0 Å². The molecule has 2 aliphatic heterocycles. The number of hydrogen-bond donors (Lipinski definition) is 1. The van der Waals surface area contributed by atoms with Crippen molar-refractivity contribution in [3.8, 4) is 0 Å². The van der Waals surface area contributed by atoms with E-state index < -0.39 is 6.10 Å². The van der Waals surface area contributed by atoms with Gasteiger partial charge in [0.2, 0.25) is 5.91 Å². The Kier molecular flexibility index (Phi) is 3.30. The predicted octanol–water partition coefficient (Wildman–Crippen LogP) is -0.0929. The first-order valence-electron chi connectivity index (χ1n) is 4.76. The number of carbonyl (C=O) groups excluding carboxylic acids is 2. The zero-order valence-corrected chi connectivity index (χ0v) is 10.1. The lowest BCUT2D eigenvalue weighted by molar-refractivity contribution is -0.129. The summed E-state index contributed by atoms with van der Waals surface area (Å²) in [7, 11) is 2.54. The molecule has 0 radical (unpaired) electrons. The summed E-state index contributed by atoms with van der Waals surface area (Å²) in [5.74, 6) is 0.0215. The molecule has 0 bridgehead atoms. The Morgan fingerprint density at radius 3 is 2.80 bits per heavy atom. The van der Waals surface area contributed by atoms with Gasteiger partial charge in [0.1, 0.15) is 0 Å². The zero-order chi connectivity index (χ0) is 11.0. The van der Waals surface area contributed by atoms with Crippen LogP contribution < -0.4 is 0 Å². The van der Waals surface area contributed by atoms with Crippen molar-refractivity contribution >= 4 is 32.3 Å². The normalized spacial score (nSPS) is 33.9. The number of amides is 2. The number of rotatable bonds is 1. The van der Waals surface area contributed by atoms with Crippen molar-refractivity contribution in [2.45, 2.75) is 18.6 Å². The third-order valence-electron chi connectivity index (χ3n) is 2.69. The third-order valence-corrected chi connectivity index (χ3v) is 4.00. The number of aliphatic hydroxyl groups is 1. The fourth-order valence-corrected chi connectivity index (χ4v) is 3.01. The summed E-state index contributed by atoms with van der Waals surface area (Å²) in [6.07, 6.45) is 0.00370. The first kappa shape index (κ1) is 11.3. The van der Waals surface area contributed by atoms with Crippen molar-refractivity contribution in [2.24, 2.45) is 0 Å². The molecule has 3 unspecified atom stereocenters. The first-order chi connectivity index (χ1) is 7.09. The van der Waals surface area contributed by atoms with E-state index in [1.165, 1.54) is 4.90 Å². The van der Waals surface area contributed by atoms with E-state index >= 15 is 0 Å². The number of nitrogens with zero attached hydrogens (tertiary/aromatic N) is 2. The monoisotopic (exact) mass is 248 g/mol. The Morgan fingerprint density at radius 1 is 1.47 bits per heavy atom. The van der Waals surface area contributed by atoms with Crippen LogP contribution in [0.25, 0.3) is 0 Å². The van der Waals surface area contributed by atoms with Gasteiger partial charge in [-0.2, -0.15) is 0 Å². The van der Waals surface area contributed by atoms with E-state index in [-0.39, 0.29) is 22.9 Å². The van der Waals surface area contributed by atoms with Gasteiger partial charge < -0.3 is 5.11 Å². The van der Waals surface area contributed by atoms with Crippen LogP contribution >= 0.6 is 21.2 Å². The Hall–Kier alpha value is -0.160. The minimum absolute atomic E-state index is 0.186. The molecule has 0 spiro atoms. The minimum atomic E-state index is -0.589. The fraction of sp³-hybridized carbons (Fsp3) is 0.750. The summed E-state index contributed by atoms with van der Waals surface area (Å²) in [6, 6.07) is -0.383. The van der Waals surface area contributed by atoms with E-state index in [0.29, 0.717) is 13.0 Å². The van der Waals surface area contributed by atoms with Crippen molar-refractivity contribution in [3.63, 3.8) is 0 Å². The average Bonchev–Trinajstić information content (AvgIpc) is 2.51. The van der Waals surface area contributed by atoms with Gasteiger partial charge in [-0.3, -0.25) is 19.2 Å². The maximum absolute atomic E-state index is 11.5. The lowest BCUT2D eigenvalue weighted by Crippen LogP contribution is -2.54. The fourth-order valence-electron chi connectivity index (χ4n) is 1.88. The highest BCUT2D eigenvalue weighted by Gasteiger charge is 2.41. The van der Waals surface area contributed by atoms with Crippen molar-refractivity contribution in [3.05, 3.63) is 0 Å². The highest BCUT2D eigenvalue weighted by Crippen LogP contribution is 2.27. The summed E-state index contributed by atoms with van der Waals surface area (Å²) < 4.78 is 1.95. The second-order valence-electron chi connectivity index (χ2n) is 3.74. The van der Waals surface area contributed by atoms with Gasteiger partial charge in [0.05, 0.1) is 17.9 Å². The molecule has 5 nitrogen and oxygen atoms in total. The van der Waals surface area contributed by atoms with E-state index in [2.05, 4.69) is 9.39 Å². The summed E-state index contributed by atoms with van der Waals surface area (Å²) in [6.45, 7) is 1.30. The van der Waals surface area contributed by atoms with Crippen LogP contribution in [0, 0.1) is 0 Å². The summed E-state index contributed by atoms with van der Waals surface area (Å²) in [5.41, 5.74) is 0. The molecule has 2 amide bonds. The van der Waals surface area contributed by atoms with Gasteiger partial charge in [0.15, 0.2) is 0 Å². The van der Waals surface area contributed by atoms with Gasteiger partial charge in [-0.25, -0.2) is 0 Å². The molecule has 2 aliphatic rings. The van der Waals surface area contributed by atoms with Crippen molar-refractivity contribution in [1.29, 1.82) is 0 Å². The first-order valence-corrected chi connectivity index (χ1v) is 6.26. The number of hydrogen-bond acceptors (Lipinski definition) is 5. The molecule has 1 N–H and O–H groups in total. The lowest BCUT2D eigenvalue weighted by Gasteiger charge is -2.37. The van der Waals surface area contributed by atoms with Gasteiger partial charge in [0, 0.05) is 13.1 Å². The summed E-state index contributed by atoms with van der Waals surface area (Å²) in [5, 5.41) is 9.56. The van der Waals surface area contributed by atoms with Crippen LogP contribution in [0.2, 0.25) is 0 Å². The van der Waals surface area contributed by atoms with Crippen LogP contribution in [0.1, 0.15) is 6.42 Å². The molecule has 3 atom stereocenters. The van der Waals surface area contributed by atoms with Gasteiger partial charge in [-0.05, 0) is 6.42 Å². The van der Waals surface area contributed by atoms with Crippen LogP contribution in [0.15, 0.2) is 0 Å². The molecular weight excluding hydrogens is 235 g/mol. The molecule has 15 heavy (non-hydrogen) atoms. The molecule has 0 aromatic rings. The molecular formula is C8H13N2O3PS. The Labute approximate surface area is 94.4 Å². The Balaban J connectivity index is 2.13. The largest absolute Gasteiger partial charge is 0.391 e. The third kappa shape index (κ3) is 2.18. The van der Waals surface area contributed by atoms with Gasteiger partial charge in [-0.15, -0.1) is 0 Å². The van der Waals surface area contributed by atoms with Gasteiger partial charge in [0.25, 0.3) is 5.24 Å². The van der Waals surface area contributed by atoms with E-state index in [9.17, 15) is 14.7 Å². The molecule has 2 fully saturated rings. The zero-order valence-electron chi connectivity index (χ0n) is 8.13. The second-order valence-corrected chi connectivity index (χ2v) is 5.39. The highest BCUT2D eigenvalue weighted by atomic mass is 32.2. The molecule has 2 saturated heterocycles. The standard InChI is InChI=1S/C8H13N2O3PS/c11-6-1-2-9(14)3-5(6)10-7(12)4-15-8(10)13/h5-6,11H,1-4,14H2. The smallest absolute Gasteiger partial charge is 0.289 e. The topological polar surface area (TPSA) is 60.9 Å². The molecule has 84 valence electrons. The maximum Gasteiger partial charge on any atom is 0.289 e. The molecule has 0 aliphatic carbocycles. The molecule has 0 saturated carbocycles. The summed E-state index contributed by atoms with van der Waals surface area (Å²) >= 11 is 1.01. The average molecular weight is 248 g/mol. The predicted molar refractivity (Wildman–Crippen MR) is 60.4 cm³/mol. The van der Waals surface area contributed by atoms with Gasteiger partial charge >= 0.3 is 0 Å². The quantitative estimate of drug-likeness (QED) is 0.657. The van der Waals surface area contributed by atoms with Crippen LogP contribution in [0.3, 0.4) is 0 Å². The molecule has 0 aromatic carbocycles. The SMILES string of the molecule is O=C1CSC(=O)N1C1CN(P)CCC1O. The summed E-state index contributed by atoms with van der Waals surface area (Å²) in [4.78, 5) is 24.2. The van der Waals surface area contributed by atoms with Crippen LogP contribution in [0.4, 0.5) is 4.79 Å². The van der Waals surface area contributed by atoms with E-state index in [0.717, 1.165) is 18.3 Å². The minimum Gasteiger partial charge on any atom is -0.391 e. The van der Waals surface area contributed by atoms with Crippen molar-refractivity contribution in [2.75, 3.05) is 18.8 Å². The molecule has 2 rings (SSSR count). The van der Waals surface area contributed by atoms with E-state index in [1.807, 2.05) is 4.67 Å². The second kappa shape index (κ2) is 4.37. The number of carbonyl (C=O) groups is 2. The maximum atomic E-state index is 11.5. The lowest BCUT2D eigenvalue weighted by atomic mass is 10.0.